The summed E-state index contributed by atoms with van der Waals surface area (Å²) in [4.78, 5) is 0. The second-order valence-corrected chi connectivity index (χ2v) is 3.51. The van der Waals surface area contributed by atoms with Crippen molar-refractivity contribution < 1.29 is 8.78 Å². The molecule has 14 heavy (non-hydrogen) atoms. The normalized spacial score (nSPS) is 13.0. The molecule has 0 saturated carbocycles. The van der Waals surface area contributed by atoms with Gasteiger partial charge in [0.05, 0.1) is 6.04 Å². The Hall–Kier alpha value is -1.12. The summed E-state index contributed by atoms with van der Waals surface area (Å²) >= 11 is 0. The summed E-state index contributed by atoms with van der Waals surface area (Å²) in [6.07, 6.45) is -2.34. The molecule has 1 atom stereocenters. The van der Waals surface area contributed by atoms with Crippen LogP contribution in [0, 0.1) is 13.8 Å². The van der Waals surface area contributed by atoms with Gasteiger partial charge in [0.25, 0.3) is 6.43 Å². The van der Waals surface area contributed by atoms with Crippen LogP contribution >= 0.6 is 0 Å². The molecule has 0 aliphatic carbocycles. The van der Waals surface area contributed by atoms with Gasteiger partial charge in [-0.25, -0.2) is 8.78 Å². The molecular formula is C11H15F2N. The molecule has 1 aromatic carbocycles. The summed E-state index contributed by atoms with van der Waals surface area (Å²) in [7, 11) is 0. The SMILES string of the molecule is Cc1cccc(NC(C)C(F)F)c1C. The van der Waals surface area contributed by atoms with Gasteiger partial charge in [0.1, 0.15) is 0 Å². The molecule has 0 spiro atoms. The zero-order valence-corrected chi connectivity index (χ0v) is 8.64. The Bertz CT molecular complexity index is 310. The van der Waals surface area contributed by atoms with E-state index in [1.807, 2.05) is 32.0 Å². The summed E-state index contributed by atoms with van der Waals surface area (Å²) in [5, 5.41) is 2.80. The molecule has 0 aliphatic heterocycles. The standard InChI is InChI=1S/C11H15F2N/c1-7-5-4-6-10(8(7)2)14-9(3)11(12)13/h4-6,9,11,14H,1-3H3. The lowest BCUT2D eigenvalue weighted by atomic mass is 10.1. The van der Waals surface area contributed by atoms with Crippen LogP contribution in [0.25, 0.3) is 0 Å². The van der Waals surface area contributed by atoms with E-state index >= 15 is 0 Å². The number of anilines is 1. The van der Waals surface area contributed by atoms with Crippen LogP contribution in [0.2, 0.25) is 0 Å². The number of nitrogens with one attached hydrogen (secondary N) is 1. The second kappa shape index (κ2) is 4.40. The topological polar surface area (TPSA) is 12.0 Å². The maximum atomic E-state index is 12.3. The minimum atomic E-state index is -2.34. The Morgan fingerprint density at radius 2 is 1.86 bits per heavy atom. The first-order valence-corrected chi connectivity index (χ1v) is 4.63. The molecular weight excluding hydrogens is 184 g/mol. The van der Waals surface area contributed by atoms with Gasteiger partial charge in [-0.1, -0.05) is 12.1 Å². The van der Waals surface area contributed by atoms with Crippen molar-refractivity contribution in [2.45, 2.75) is 33.2 Å². The highest BCUT2D eigenvalue weighted by Crippen LogP contribution is 2.19. The van der Waals surface area contributed by atoms with E-state index in [0.717, 1.165) is 16.8 Å². The number of halogens is 2. The molecule has 78 valence electrons. The van der Waals surface area contributed by atoms with Crippen LogP contribution < -0.4 is 5.32 Å². The molecule has 0 heterocycles. The molecule has 0 radical (unpaired) electrons. The van der Waals surface area contributed by atoms with E-state index in [-0.39, 0.29) is 0 Å². The van der Waals surface area contributed by atoms with Crippen molar-refractivity contribution in [2.24, 2.45) is 0 Å². The summed E-state index contributed by atoms with van der Waals surface area (Å²) in [5.74, 6) is 0. The summed E-state index contributed by atoms with van der Waals surface area (Å²) < 4.78 is 24.6. The Morgan fingerprint density at radius 3 is 2.43 bits per heavy atom. The van der Waals surface area contributed by atoms with Crippen LogP contribution in [-0.4, -0.2) is 12.5 Å². The molecule has 0 aromatic heterocycles. The van der Waals surface area contributed by atoms with Crippen LogP contribution in [-0.2, 0) is 0 Å². The highest BCUT2D eigenvalue weighted by atomic mass is 19.3. The van der Waals surface area contributed by atoms with Crippen molar-refractivity contribution in [1.29, 1.82) is 0 Å². The molecule has 1 N–H and O–H groups in total. The van der Waals surface area contributed by atoms with Crippen molar-refractivity contribution in [3.63, 3.8) is 0 Å². The van der Waals surface area contributed by atoms with Gasteiger partial charge in [0.15, 0.2) is 0 Å². The molecule has 1 unspecified atom stereocenters. The fraction of sp³-hybridized carbons (Fsp3) is 0.455. The van der Waals surface area contributed by atoms with E-state index in [0.29, 0.717) is 0 Å². The Kier molecular flexibility index (Phi) is 3.44. The number of benzene rings is 1. The van der Waals surface area contributed by atoms with E-state index in [1.165, 1.54) is 6.92 Å². The van der Waals surface area contributed by atoms with E-state index < -0.39 is 12.5 Å². The predicted molar refractivity (Wildman–Crippen MR) is 55.0 cm³/mol. The molecule has 0 aliphatic rings. The summed E-state index contributed by atoms with van der Waals surface area (Å²) in [5.41, 5.74) is 2.93. The van der Waals surface area contributed by atoms with Gasteiger partial charge in [-0.05, 0) is 38.0 Å². The molecule has 0 saturated heterocycles. The average Bonchev–Trinajstić information content (AvgIpc) is 2.12. The number of hydrogen-bond acceptors (Lipinski definition) is 1. The highest BCUT2D eigenvalue weighted by molar-refractivity contribution is 5.54. The van der Waals surface area contributed by atoms with Gasteiger partial charge in [0.2, 0.25) is 0 Å². The second-order valence-electron chi connectivity index (χ2n) is 3.51. The Balaban J connectivity index is 2.82. The van der Waals surface area contributed by atoms with Crippen molar-refractivity contribution in [3.8, 4) is 0 Å². The first-order valence-electron chi connectivity index (χ1n) is 4.63. The lowest BCUT2D eigenvalue weighted by molar-refractivity contribution is 0.130. The molecule has 1 aromatic rings. The third-order valence-corrected chi connectivity index (χ3v) is 2.37. The van der Waals surface area contributed by atoms with Crippen LogP contribution in [0.4, 0.5) is 14.5 Å². The molecule has 0 bridgehead atoms. The Morgan fingerprint density at radius 1 is 1.21 bits per heavy atom. The van der Waals surface area contributed by atoms with E-state index in [2.05, 4.69) is 5.32 Å². The third-order valence-electron chi connectivity index (χ3n) is 2.37. The zero-order valence-electron chi connectivity index (χ0n) is 8.64. The lowest BCUT2D eigenvalue weighted by Crippen LogP contribution is -2.24. The minimum Gasteiger partial charge on any atom is -0.377 e. The molecule has 0 fully saturated rings. The largest absolute Gasteiger partial charge is 0.377 e. The first kappa shape index (κ1) is 11.0. The fourth-order valence-corrected chi connectivity index (χ4v) is 1.22. The van der Waals surface area contributed by atoms with Gasteiger partial charge in [-0.2, -0.15) is 0 Å². The van der Waals surface area contributed by atoms with Crippen molar-refractivity contribution in [3.05, 3.63) is 29.3 Å². The van der Waals surface area contributed by atoms with Gasteiger partial charge in [-0.15, -0.1) is 0 Å². The monoisotopic (exact) mass is 199 g/mol. The summed E-state index contributed by atoms with van der Waals surface area (Å²) in [6.45, 7) is 5.37. The molecule has 3 heteroatoms. The van der Waals surface area contributed by atoms with Crippen LogP contribution in [0.3, 0.4) is 0 Å². The zero-order chi connectivity index (χ0) is 10.7. The number of alkyl halides is 2. The fourth-order valence-electron chi connectivity index (χ4n) is 1.22. The van der Waals surface area contributed by atoms with Crippen LogP contribution in [0.1, 0.15) is 18.1 Å². The molecule has 1 rings (SSSR count). The smallest absolute Gasteiger partial charge is 0.258 e. The highest BCUT2D eigenvalue weighted by Gasteiger charge is 2.14. The van der Waals surface area contributed by atoms with E-state index in [4.69, 9.17) is 0 Å². The quantitative estimate of drug-likeness (QED) is 0.787. The maximum absolute atomic E-state index is 12.3. The van der Waals surface area contributed by atoms with E-state index in [9.17, 15) is 8.78 Å². The number of rotatable bonds is 3. The third kappa shape index (κ3) is 2.44. The van der Waals surface area contributed by atoms with Crippen molar-refractivity contribution >= 4 is 5.69 Å². The van der Waals surface area contributed by atoms with Gasteiger partial charge in [0, 0.05) is 5.69 Å². The number of aryl methyl sites for hydroxylation is 1. The van der Waals surface area contributed by atoms with Crippen molar-refractivity contribution in [2.75, 3.05) is 5.32 Å². The minimum absolute atomic E-state index is 0.790. The lowest BCUT2D eigenvalue weighted by Gasteiger charge is -2.16. The van der Waals surface area contributed by atoms with Crippen LogP contribution in [0.5, 0.6) is 0 Å². The Labute approximate surface area is 83.1 Å². The number of hydrogen-bond donors (Lipinski definition) is 1. The average molecular weight is 199 g/mol. The van der Waals surface area contributed by atoms with Gasteiger partial charge in [-0.3, -0.25) is 0 Å². The van der Waals surface area contributed by atoms with Crippen LogP contribution in [0.15, 0.2) is 18.2 Å². The summed E-state index contributed by atoms with van der Waals surface area (Å²) in [6, 6.07) is 4.84. The van der Waals surface area contributed by atoms with Crippen molar-refractivity contribution in [1.82, 2.24) is 0 Å². The molecule has 0 amide bonds. The predicted octanol–water partition coefficient (Wildman–Crippen LogP) is 3.37. The van der Waals surface area contributed by atoms with E-state index in [1.54, 1.807) is 0 Å². The maximum Gasteiger partial charge on any atom is 0.258 e. The molecule has 1 nitrogen and oxygen atoms in total. The first-order chi connectivity index (χ1) is 6.52. The van der Waals surface area contributed by atoms with Gasteiger partial charge < -0.3 is 5.32 Å². The van der Waals surface area contributed by atoms with Gasteiger partial charge >= 0.3 is 0 Å².